The molecule has 0 heterocycles. The lowest BCUT2D eigenvalue weighted by Crippen LogP contribution is -2.25. The Bertz CT molecular complexity index is 242. The van der Waals surface area contributed by atoms with Gasteiger partial charge in [-0.3, -0.25) is 5.32 Å². The fraction of sp³-hybridized carbons (Fsp3) is 0.667. The van der Waals surface area contributed by atoms with Crippen LogP contribution in [0.1, 0.15) is 19.3 Å². The monoisotopic (exact) mass is 210 g/mol. The van der Waals surface area contributed by atoms with Crippen molar-refractivity contribution in [2.75, 3.05) is 21.1 Å². The lowest BCUT2D eigenvalue weighted by atomic mass is 10.1. The molecule has 1 saturated carbocycles. The topological polar surface area (TPSA) is 35.5 Å². The van der Waals surface area contributed by atoms with Crippen molar-refractivity contribution < 1.29 is 5.11 Å². The van der Waals surface area contributed by atoms with Gasteiger partial charge in [0, 0.05) is 20.5 Å². The standard InChI is InChI=1S/C12H22N2O/c1-13-12(15)9-11(10-6-7-10)5-4-8-14(2)3/h4-5,8,10,12-13,15H,6-7,9H2,1-3H3/b8-4-,11-5+. The number of nitrogens with one attached hydrogen (secondary N) is 1. The van der Waals surface area contributed by atoms with Gasteiger partial charge in [0.1, 0.15) is 6.23 Å². The van der Waals surface area contributed by atoms with Gasteiger partial charge in [-0.1, -0.05) is 11.6 Å². The minimum absolute atomic E-state index is 0.412. The molecule has 1 atom stereocenters. The fourth-order valence-electron chi connectivity index (χ4n) is 1.49. The Kier molecular flexibility index (Phi) is 4.85. The van der Waals surface area contributed by atoms with Crippen molar-refractivity contribution in [2.24, 2.45) is 5.92 Å². The number of nitrogens with zero attached hydrogens (tertiary/aromatic N) is 1. The van der Waals surface area contributed by atoms with Crippen molar-refractivity contribution in [3.8, 4) is 0 Å². The van der Waals surface area contributed by atoms with Crippen LogP contribution < -0.4 is 5.32 Å². The third-order valence-corrected chi connectivity index (χ3v) is 2.56. The van der Waals surface area contributed by atoms with Gasteiger partial charge in [0.15, 0.2) is 0 Å². The van der Waals surface area contributed by atoms with Crippen LogP contribution in [0.25, 0.3) is 0 Å². The maximum absolute atomic E-state index is 9.53. The van der Waals surface area contributed by atoms with E-state index < -0.39 is 6.23 Å². The van der Waals surface area contributed by atoms with Crippen LogP contribution in [0.3, 0.4) is 0 Å². The van der Waals surface area contributed by atoms with E-state index in [1.54, 1.807) is 7.05 Å². The summed E-state index contributed by atoms with van der Waals surface area (Å²) >= 11 is 0. The van der Waals surface area contributed by atoms with E-state index >= 15 is 0 Å². The zero-order valence-corrected chi connectivity index (χ0v) is 9.90. The molecule has 2 N–H and O–H groups in total. The summed E-state index contributed by atoms with van der Waals surface area (Å²) in [7, 11) is 5.79. The summed E-state index contributed by atoms with van der Waals surface area (Å²) in [6.07, 6.45) is 9.09. The van der Waals surface area contributed by atoms with Gasteiger partial charge >= 0.3 is 0 Å². The maximum atomic E-state index is 9.53. The minimum atomic E-state index is -0.412. The van der Waals surface area contributed by atoms with Crippen LogP contribution in [0.15, 0.2) is 23.9 Å². The van der Waals surface area contributed by atoms with E-state index in [1.807, 2.05) is 25.2 Å². The average Bonchev–Trinajstić information content (AvgIpc) is 2.98. The summed E-state index contributed by atoms with van der Waals surface area (Å²) in [6.45, 7) is 0. The molecule has 0 radical (unpaired) electrons. The lowest BCUT2D eigenvalue weighted by molar-refractivity contribution is 0.145. The summed E-state index contributed by atoms with van der Waals surface area (Å²) in [4.78, 5) is 2.01. The van der Waals surface area contributed by atoms with Crippen LogP contribution in [0.2, 0.25) is 0 Å². The fourth-order valence-corrected chi connectivity index (χ4v) is 1.49. The molecule has 1 aliphatic rings. The summed E-state index contributed by atoms with van der Waals surface area (Å²) in [5.41, 5.74) is 1.36. The maximum Gasteiger partial charge on any atom is 0.108 e. The molecule has 15 heavy (non-hydrogen) atoms. The second kappa shape index (κ2) is 5.93. The predicted octanol–water partition coefficient (Wildman–Crippen LogP) is 1.33. The Morgan fingerprint density at radius 1 is 1.53 bits per heavy atom. The van der Waals surface area contributed by atoms with Crippen molar-refractivity contribution >= 4 is 0 Å². The normalized spacial score (nSPS) is 19.6. The first-order valence-electron chi connectivity index (χ1n) is 5.52. The number of hydrogen-bond acceptors (Lipinski definition) is 3. The van der Waals surface area contributed by atoms with E-state index in [9.17, 15) is 5.11 Å². The second-order valence-electron chi connectivity index (χ2n) is 4.33. The first-order valence-corrected chi connectivity index (χ1v) is 5.52. The second-order valence-corrected chi connectivity index (χ2v) is 4.33. The Morgan fingerprint density at radius 2 is 2.20 bits per heavy atom. The van der Waals surface area contributed by atoms with Gasteiger partial charge < -0.3 is 10.0 Å². The first kappa shape index (κ1) is 12.3. The van der Waals surface area contributed by atoms with Crippen LogP contribution >= 0.6 is 0 Å². The van der Waals surface area contributed by atoms with E-state index in [2.05, 4.69) is 17.5 Å². The third kappa shape index (κ3) is 5.00. The molecule has 0 aromatic rings. The number of hydrogen-bond donors (Lipinski definition) is 2. The van der Waals surface area contributed by atoms with Gasteiger partial charge in [-0.2, -0.15) is 0 Å². The summed E-state index contributed by atoms with van der Waals surface area (Å²) in [6, 6.07) is 0. The van der Waals surface area contributed by atoms with Gasteiger partial charge in [-0.05, 0) is 38.1 Å². The predicted molar refractivity (Wildman–Crippen MR) is 63.3 cm³/mol. The molecule has 1 fully saturated rings. The Labute approximate surface area is 92.5 Å². The highest BCUT2D eigenvalue weighted by atomic mass is 16.3. The smallest absolute Gasteiger partial charge is 0.108 e. The number of aliphatic hydroxyl groups is 1. The molecule has 0 aromatic carbocycles. The molecule has 3 nitrogen and oxygen atoms in total. The van der Waals surface area contributed by atoms with Crippen LogP contribution in [0, 0.1) is 5.92 Å². The molecule has 86 valence electrons. The molecule has 1 aliphatic carbocycles. The van der Waals surface area contributed by atoms with Crippen molar-refractivity contribution in [3.05, 3.63) is 23.9 Å². The largest absolute Gasteiger partial charge is 0.383 e. The van der Waals surface area contributed by atoms with Gasteiger partial charge in [0.2, 0.25) is 0 Å². The Balaban J connectivity index is 2.49. The van der Waals surface area contributed by atoms with E-state index in [-0.39, 0.29) is 0 Å². The van der Waals surface area contributed by atoms with E-state index in [0.717, 1.165) is 6.42 Å². The lowest BCUT2D eigenvalue weighted by Gasteiger charge is -2.11. The van der Waals surface area contributed by atoms with Gasteiger partial charge in [-0.15, -0.1) is 0 Å². The summed E-state index contributed by atoms with van der Waals surface area (Å²) in [5.74, 6) is 0.708. The van der Waals surface area contributed by atoms with Gasteiger partial charge in [-0.25, -0.2) is 0 Å². The molecular weight excluding hydrogens is 188 g/mol. The number of allylic oxidation sites excluding steroid dienone is 2. The zero-order valence-electron chi connectivity index (χ0n) is 9.90. The van der Waals surface area contributed by atoms with Crippen molar-refractivity contribution in [1.82, 2.24) is 10.2 Å². The van der Waals surface area contributed by atoms with Crippen molar-refractivity contribution in [1.29, 1.82) is 0 Å². The van der Waals surface area contributed by atoms with Crippen LogP contribution in [0.4, 0.5) is 0 Å². The van der Waals surface area contributed by atoms with Crippen molar-refractivity contribution in [3.63, 3.8) is 0 Å². The Hall–Kier alpha value is -0.800. The summed E-state index contributed by atoms with van der Waals surface area (Å²) < 4.78 is 0. The molecular formula is C12H22N2O. The molecule has 1 rings (SSSR count). The van der Waals surface area contributed by atoms with E-state index in [1.165, 1.54) is 18.4 Å². The quantitative estimate of drug-likeness (QED) is 0.513. The van der Waals surface area contributed by atoms with Crippen molar-refractivity contribution in [2.45, 2.75) is 25.5 Å². The van der Waals surface area contributed by atoms with E-state index in [0.29, 0.717) is 5.92 Å². The highest BCUT2D eigenvalue weighted by molar-refractivity contribution is 5.19. The average molecular weight is 210 g/mol. The molecule has 0 aliphatic heterocycles. The minimum Gasteiger partial charge on any atom is -0.383 e. The van der Waals surface area contributed by atoms with Crippen LogP contribution in [-0.2, 0) is 0 Å². The third-order valence-electron chi connectivity index (χ3n) is 2.56. The number of aliphatic hydroxyl groups excluding tert-OH is 1. The molecule has 3 heteroatoms. The molecule has 0 amide bonds. The highest BCUT2D eigenvalue weighted by Crippen LogP contribution is 2.38. The molecule has 0 aromatic heterocycles. The number of rotatable bonds is 6. The highest BCUT2D eigenvalue weighted by Gasteiger charge is 2.26. The first-order chi connectivity index (χ1) is 7.13. The van der Waals surface area contributed by atoms with Gasteiger partial charge in [0.25, 0.3) is 0 Å². The molecule has 0 bridgehead atoms. The Morgan fingerprint density at radius 3 is 2.67 bits per heavy atom. The van der Waals surface area contributed by atoms with Crippen LogP contribution in [0.5, 0.6) is 0 Å². The zero-order chi connectivity index (χ0) is 11.3. The van der Waals surface area contributed by atoms with Crippen LogP contribution in [-0.4, -0.2) is 37.4 Å². The molecule has 1 unspecified atom stereocenters. The molecule has 0 saturated heterocycles. The molecule has 0 spiro atoms. The van der Waals surface area contributed by atoms with Gasteiger partial charge in [0.05, 0.1) is 0 Å². The summed E-state index contributed by atoms with van der Waals surface area (Å²) in [5, 5.41) is 12.4. The van der Waals surface area contributed by atoms with E-state index in [4.69, 9.17) is 0 Å². The SMILES string of the molecule is CNC(O)C/C(=C\C=C/N(C)C)C1CC1.